The Labute approximate surface area is 267 Å². The summed E-state index contributed by atoms with van der Waals surface area (Å²) in [5.74, 6) is 1.23. The van der Waals surface area contributed by atoms with E-state index in [2.05, 4.69) is 47.5 Å². The van der Waals surface area contributed by atoms with Gasteiger partial charge in [-0.05, 0) is 60.7 Å². The molecule has 3 amide bonds. The predicted molar refractivity (Wildman–Crippen MR) is 175 cm³/mol. The van der Waals surface area contributed by atoms with E-state index < -0.39 is 6.09 Å². The van der Waals surface area contributed by atoms with Gasteiger partial charge in [-0.1, -0.05) is 36.4 Å². The number of aromatic nitrogens is 3. The van der Waals surface area contributed by atoms with Gasteiger partial charge in [-0.2, -0.15) is 0 Å². The average molecular weight is 623 g/mol. The largest absolute Gasteiger partial charge is 0.453 e. The summed E-state index contributed by atoms with van der Waals surface area (Å²) in [6.07, 6.45) is 4.44. The molecular weight excluding hydrogens is 584 g/mol. The van der Waals surface area contributed by atoms with Crippen LogP contribution in [0, 0.1) is 0 Å². The number of likely N-dealkylation sites (tertiary alicyclic amines) is 1. The number of rotatable bonds is 8. The molecule has 0 spiro atoms. The molecule has 2 unspecified atom stereocenters. The van der Waals surface area contributed by atoms with Gasteiger partial charge in [0.15, 0.2) is 0 Å². The van der Waals surface area contributed by atoms with Gasteiger partial charge in [0.2, 0.25) is 5.91 Å². The Morgan fingerprint density at radius 3 is 2.37 bits per heavy atom. The second-order valence-corrected chi connectivity index (χ2v) is 11.5. The summed E-state index contributed by atoms with van der Waals surface area (Å²) in [7, 11) is 1.26. The molecule has 238 valence electrons. The highest BCUT2D eigenvalue weighted by atomic mass is 16.5. The summed E-state index contributed by atoms with van der Waals surface area (Å²) in [5, 5.41) is 8.79. The number of benzene rings is 2. The van der Waals surface area contributed by atoms with E-state index in [1.165, 1.54) is 7.11 Å². The van der Waals surface area contributed by atoms with Crippen LogP contribution in [0.4, 0.5) is 16.3 Å². The predicted octanol–water partition coefficient (Wildman–Crippen LogP) is 4.21. The van der Waals surface area contributed by atoms with E-state index in [-0.39, 0.29) is 24.4 Å². The number of amides is 3. The van der Waals surface area contributed by atoms with Crippen molar-refractivity contribution in [2.24, 2.45) is 0 Å². The fraction of sp³-hybridized carbons (Fsp3) is 0.324. The zero-order valence-electron chi connectivity index (χ0n) is 26.0. The number of pyridine rings is 1. The Bertz CT molecular complexity index is 1670. The molecule has 4 aromatic rings. The number of carbonyl (C=O) groups is 3. The van der Waals surface area contributed by atoms with Crippen molar-refractivity contribution >= 4 is 29.4 Å². The van der Waals surface area contributed by atoms with Crippen molar-refractivity contribution in [3.05, 3.63) is 84.4 Å². The van der Waals surface area contributed by atoms with Gasteiger partial charge >= 0.3 is 6.09 Å². The van der Waals surface area contributed by atoms with Crippen LogP contribution in [0.1, 0.15) is 42.0 Å². The number of hydrogen-bond acceptors (Lipinski definition) is 8. The zero-order valence-corrected chi connectivity index (χ0v) is 26.0. The van der Waals surface area contributed by atoms with E-state index >= 15 is 0 Å². The maximum Gasteiger partial charge on any atom is 0.407 e. The van der Waals surface area contributed by atoms with Crippen LogP contribution in [0.5, 0.6) is 0 Å². The second-order valence-electron chi connectivity index (χ2n) is 11.5. The number of nitrogens with zero attached hydrogens (tertiary/aromatic N) is 4. The molecule has 6 rings (SSSR count). The Morgan fingerprint density at radius 1 is 0.935 bits per heavy atom. The number of ether oxygens (including phenoxy) is 1. The van der Waals surface area contributed by atoms with Crippen LogP contribution in [0.25, 0.3) is 22.4 Å². The van der Waals surface area contributed by atoms with Crippen LogP contribution in [0.15, 0.2) is 73.1 Å². The van der Waals surface area contributed by atoms with Gasteiger partial charge in [-0.25, -0.2) is 14.8 Å². The first-order valence-corrected chi connectivity index (χ1v) is 15.5. The van der Waals surface area contributed by atoms with Gasteiger partial charge in [0, 0.05) is 44.1 Å². The maximum absolute atomic E-state index is 12.9. The van der Waals surface area contributed by atoms with E-state index in [4.69, 9.17) is 0 Å². The second kappa shape index (κ2) is 13.8. The lowest BCUT2D eigenvalue weighted by Crippen LogP contribution is -2.50. The van der Waals surface area contributed by atoms with E-state index in [0.29, 0.717) is 23.8 Å². The number of anilines is 2. The van der Waals surface area contributed by atoms with Gasteiger partial charge in [0.1, 0.15) is 18.2 Å². The van der Waals surface area contributed by atoms with Crippen molar-refractivity contribution in [1.82, 2.24) is 30.5 Å². The van der Waals surface area contributed by atoms with E-state index in [0.717, 1.165) is 66.5 Å². The third-order valence-corrected chi connectivity index (χ3v) is 8.53. The highest BCUT2D eigenvalue weighted by molar-refractivity contribution is 6.04. The number of piperazine rings is 1. The van der Waals surface area contributed by atoms with Crippen LogP contribution in [0.3, 0.4) is 0 Å². The van der Waals surface area contributed by atoms with Crippen LogP contribution in [-0.2, 0) is 9.53 Å². The number of aromatic amines is 1. The van der Waals surface area contributed by atoms with Crippen molar-refractivity contribution in [1.29, 1.82) is 0 Å². The molecule has 4 N–H and O–H groups in total. The maximum atomic E-state index is 12.9. The first kappa shape index (κ1) is 30.8. The molecule has 0 saturated carbocycles. The molecule has 2 saturated heterocycles. The van der Waals surface area contributed by atoms with Gasteiger partial charge in [0.05, 0.1) is 30.6 Å². The van der Waals surface area contributed by atoms with Gasteiger partial charge in [0.25, 0.3) is 5.91 Å². The van der Waals surface area contributed by atoms with Crippen molar-refractivity contribution in [2.75, 3.05) is 50.1 Å². The number of methoxy groups -OCH3 is 1. The van der Waals surface area contributed by atoms with E-state index in [1.54, 1.807) is 17.3 Å². The molecule has 2 aromatic heterocycles. The number of carbonyl (C=O) groups excluding carboxylic acids is 3. The van der Waals surface area contributed by atoms with Crippen LogP contribution >= 0.6 is 0 Å². The molecule has 12 nitrogen and oxygen atoms in total. The average Bonchev–Trinajstić information content (AvgIpc) is 3.78. The molecule has 0 aliphatic carbocycles. The Hall–Kier alpha value is -5.23. The summed E-state index contributed by atoms with van der Waals surface area (Å²) < 4.78 is 4.56. The standard InChI is InChI=1S/C34H38N8O4/c1-22-18-35-15-17-41(22)30-14-11-26(19-36-30)33(44)39-27-12-9-24(10-13-27)23-5-7-25(8-6-23)28-20-37-32(40-28)29-4-3-16-42(29)31(43)21-38-34(45)46-2/h5-14,19-20,22,29,35H,3-4,15-18,21H2,1-2H3,(H,37,40)(H,38,45)(H,39,44). The summed E-state index contributed by atoms with van der Waals surface area (Å²) in [6, 6.07) is 19.8. The van der Waals surface area contributed by atoms with Gasteiger partial charge < -0.3 is 35.5 Å². The van der Waals surface area contributed by atoms with E-state index in [9.17, 15) is 14.4 Å². The SMILES string of the molecule is COC(=O)NCC(=O)N1CCCC1c1ncc(-c2ccc(-c3ccc(NC(=O)c4ccc(N5CCNCC5C)nc4)cc3)cc2)[nH]1. The minimum absolute atomic E-state index is 0.117. The molecule has 2 aliphatic rings. The van der Waals surface area contributed by atoms with Crippen molar-refractivity contribution in [3.8, 4) is 22.4 Å². The first-order valence-electron chi connectivity index (χ1n) is 15.5. The van der Waals surface area contributed by atoms with Crippen molar-refractivity contribution < 1.29 is 19.1 Å². The molecule has 2 aromatic carbocycles. The molecule has 4 heterocycles. The minimum atomic E-state index is -0.633. The van der Waals surface area contributed by atoms with Gasteiger partial charge in [-0.15, -0.1) is 0 Å². The summed E-state index contributed by atoms with van der Waals surface area (Å²) in [4.78, 5) is 53.4. The Kier molecular flexibility index (Phi) is 9.25. The zero-order chi connectivity index (χ0) is 32.0. The third-order valence-electron chi connectivity index (χ3n) is 8.53. The van der Waals surface area contributed by atoms with Crippen LogP contribution in [0.2, 0.25) is 0 Å². The van der Waals surface area contributed by atoms with Gasteiger partial charge in [-0.3, -0.25) is 9.59 Å². The number of imidazole rings is 1. The molecule has 0 bridgehead atoms. The molecule has 2 aliphatic heterocycles. The summed E-state index contributed by atoms with van der Waals surface area (Å²) in [6.45, 7) is 5.38. The third kappa shape index (κ3) is 6.86. The molecule has 46 heavy (non-hydrogen) atoms. The Balaban J connectivity index is 1.05. The highest BCUT2D eigenvalue weighted by Gasteiger charge is 2.32. The molecule has 12 heteroatoms. The number of nitrogens with one attached hydrogen (secondary N) is 4. The fourth-order valence-corrected chi connectivity index (χ4v) is 5.99. The number of alkyl carbamates (subject to hydrolysis) is 1. The van der Waals surface area contributed by atoms with E-state index in [1.807, 2.05) is 60.7 Å². The van der Waals surface area contributed by atoms with Crippen LogP contribution in [-0.4, -0.2) is 83.6 Å². The summed E-state index contributed by atoms with van der Waals surface area (Å²) in [5.41, 5.74) is 5.10. The highest BCUT2D eigenvalue weighted by Crippen LogP contribution is 2.32. The number of hydrogen-bond donors (Lipinski definition) is 4. The lowest BCUT2D eigenvalue weighted by atomic mass is 10.0. The smallest absolute Gasteiger partial charge is 0.407 e. The topological polar surface area (TPSA) is 145 Å². The molecular formula is C34H38N8O4. The van der Waals surface area contributed by atoms with Crippen molar-refractivity contribution in [2.45, 2.75) is 31.8 Å². The lowest BCUT2D eigenvalue weighted by molar-refractivity contribution is -0.131. The van der Waals surface area contributed by atoms with Crippen molar-refractivity contribution in [3.63, 3.8) is 0 Å². The molecule has 0 radical (unpaired) electrons. The summed E-state index contributed by atoms with van der Waals surface area (Å²) >= 11 is 0. The normalized spacial score (nSPS) is 17.9. The minimum Gasteiger partial charge on any atom is -0.453 e. The Morgan fingerprint density at radius 2 is 1.67 bits per heavy atom. The fourth-order valence-electron chi connectivity index (χ4n) is 5.99. The molecule has 2 atom stereocenters. The molecule has 2 fully saturated rings. The number of H-pyrrole nitrogens is 1. The lowest BCUT2D eigenvalue weighted by Gasteiger charge is -2.34. The first-order chi connectivity index (χ1) is 22.4. The monoisotopic (exact) mass is 622 g/mol. The van der Waals surface area contributed by atoms with Crippen LogP contribution < -0.4 is 20.9 Å². The quantitative estimate of drug-likeness (QED) is 0.229.